The van der Waals surface area contributed by atoms with Crippen molar-refractivity contribution in [3.8, 4) is 17.1 Å². The van der Waals surface area contributed by atoms with Gasteiger partial charge in [-0.1, -0.05) is 18.2 Å². The maximum absolute atomic E-state index is 12.7. The van der Waals surface area contributed by atoms with Crippen LogP contribution in [-0.4, -0.2) is 25.7 Å². The molecule has 0 aliphatic carbocycles. The minimum absolute atomic E-state index is 0.235. The first kappa shape index (κ1) is 18.1. The van der Waals surface area contributed by atoms with Crippen LogP contribution in [0.4, 0.5) is 5.13 Å². The molecule has 1 aromatic carbocycles. The molecule has 1 amide bonds. The summed E-state index contributed by atoms with van der Waals surface area (Å²) in [5.74, 6) is 0.436. The average Bonchev–Trinajstić information content (AvgIpc) is 3.31. The van der Waals surface area contributed by atoms with Crippen LogP contribution in [0.5, 0.6) is 0 Å². The number of rotatable bonds is 4. The van der Waals surface area contributed by atoms with Gasteiger partial charge in [-0.3, -0.25) is 10.1 Å². The number of carbonyl (C=O) groups is 1. The minimum Gasteiger partial charge on any atom is -0.298 e. The van der Waals surface area contributed by atoms with Crippen LogP contribution in [0.3, 0.4) is 0 Å². The Morgan fingerprint density at radius 1 is 1.11 bits per heavy atom. The Bertz CT molecular complexity index is 1150. The maximum Gasteiger partial charge on any atom is 0.260 e. The minimum atomic E-state index is -0.235. The van der Waals surface area contributed by atoms with Gasteiger partial charge >= 0.3 is 0 Å². The van der Waals surface area contributed by atoms with Gasteiger partial charge in [0.1, 0.15) is 0 Å². The van der Waals surface area contributed by atoms with Crippen molar-refractivity contribution in [2.75, 3.05) is 5.32 Å². The predicted octanol–water partition coefficient (Wildman–Crippen LogP) is 4.57. The van der Waals surface area contributed by atoms with E-state index >= 15 is 0 Å². The molecule has 1 N–H and O–H groups in total. The summed E-state index contributed by atoms with van der Waals surface area (Å²) in [6.45, 7) is 6.01. The number of benzene rings is 1. The molecule has 0 radical (unpaired) electrons. The lowest BCUT2D eigenvalue weighted by molar-refractivity contribution is 0.102. The highest BCUT2D eigenvalue weighted by Crippen LogP contribution is 2.27. The molecule has 0 unspecified atom stereocenters. The van der Waals surface area contributed by atoms with Crippen LogP contribution < -0.4 is 5.32 Å². The number of nitrogens with zero attached hydrogens (tertiary/aromatic N) is 4. The Labute approximate surface area is 166 Å². The number of hydrogen-bond donors (Lipinski definition) is 1. The maximum atomic E-state index is 12.7. The standard InChI is InChI=1S/C21H19N5OS/c1-13-7-8-16(10-14(13)2)18-12-28-21(24-18)25-20(27)17-11-23-26(15(17)3)19-6-4-5-9-22-19/h4-12H,1-3H3,(H,24,25,27). The van der Waals surface area contributed by atoms with Crippen LogP contribution in [0, 0.1) is 20.8 Å². The zero-order valence-corrected chi connectivity index (χ0v) is 16.6. The Balaban J connectivity index is 1.54. The predicted molar refractivity (Wildman–Crippen MR) is 111 cm³/mol. The average molecular weight is 389 g/mol. The van der Waals surface area contributed by atoms with Gasteiger partial charge in [0.05, 0.1) is 23.1 Å². The van der Waals surface area contributed by atoms with E-state index in [1.54, 1.807) is 17.1 Å². The highest BCUT2D eigenvalue weighted by Gasteiger charge is 2.17. The van der Waals surface area contributed by atoms with E-state index in [2.05, 4.69) is 46.4 Å². The summed E-state index contributed by atoms with van der Waals surface area (Å²) in [6, 6.07) is 11.8. The largest absolute Gasteiger partial charge is 0.298 e. The molecular weight excluding hydrogens is 370 g/mol. The lowest BCUT2D eigenvalue weighted by Crippen LogP contribution is -2.13. The van der Waals surface area contributed by atoms with Crippen molar-refractivity contribution in [3.63, 3.8) is 0 Å². The number of anilines is 1. The van der Waals surface area contributed by atoms with Gasteiger partial charge in [0, 0.05) is 17.1 Å². The molecule has 140 valence electrons. The van der Waals surface area contributed by atoms with E-state index in [1.807, 2.05) is 36.6 Å². The van der Waals surface area contributed by atoms with Crippen molar-refractivity contribution in [1.82, 2.24) is 19.7 Å². The molecule has 0 atom stereocenters. The van der Waals surface area contributed by atoms with Crippen molar-refractivity contribution in [2.45, 2.75) is 20.8 Å². The summed E-state index contributed by atoms with van der Waals surface area (Å²) in [6.07, 6.45) is 3.25. The number of hydrogen-bond acceptors (Lipinski definition) is 5. The molecule has 4 rings (SSSR count). The molecule has 0 spiro atoms. The third kappa shape index (κ3) is 3.44. The fraction of sp³-hybridized carbons (Fsp3) is 0.143. The number of thiazole rings is 1. The van der Waals surface area contributed by atoms with Gasteiger partial charge < -0.3 is 0 Å². The van der Waals surface area contributed by atoms with E-state index in [0.717, 1.165) is 17.0 Å². The molecule has 4 aromatic rings. The highest BCUT2D eigenvalue weighted by molar-refractivity contribution is 7.14. The Morgan fingerprint density at radius 3 is 2.71 bits per heavy atom. The molecule has 0 fully saturated rings. The summed E-state index contributed by atoms with van der Waals surface area (Å²) < 4.78 is 1.65. The molecule has 0 aliphatic rings. The number of amides is 1. The molecule has 0 aliphatic heterocycles. The number of aryl methyl sites for hydroxylation is 2. The second-order valence-corrected chi connectivity index (χ2v) is 7.39. The van der Waals surface area contributed by atoms with E-state index in [4.69, 9.17) is 0 Å². The molecule has 6 nitrogen and oxygen atoms in total. The van der Waals surface area contributed by atoms with E-state index < -0.39 is 0 Å². The zero-order valence-electron chi connectivity index (χ0n) is 15.8. The van der Waals surface area contributed by atoms with Gasteiger partial charge in [-0.15, -0.1) is 11.3 Å². The van der Waals surface area contributed by atoms with Gasteiger partial charge in [0.2, 0.25) is 0 Å². The molecule has 7 heteroatoms. The van der Waals surface area contributed by atoms with Crippen LogP contribution in [0.2, 0.25) is 0 Å². The molecule has 3 aromatic heterocycles. The monoisotopic (exact) mass is 389 g/mol. The Kier molecular flexibility index (Phi) is 4.75. The lowest BCUT2D eigenvalue weighted by Gasteiger charge is -2.04. The van der Waals surface area contributed by atoms with Gasteiger partial charge in [-0.05, 0) is 50.1 Å². The summed E-state index contributed by atoms with van der Waals surface area (Å²) in [7, 11) is 0. The molecule has 3 heterocycles. The first-order valence-electron chi connectivity index (χ1n) is 8.83. The van der Waals surface area contributed by atoms with Crippen molar-refractivity contribution in [1.29, 1.82) is 0 Å². The third-order valence-electron chi connectivity index (χ3n) is 4.65. The quantitative estimate of drug-likeness (QED) is 0.555. The van der Waals surface area contributed by atoms with Crippen molar-refractivity contribution < 1.29 is 4.79 Å². The third-order valence-corrected chi connectivity index (χ3v) is 5.41. The van der Waals surface area contributed by atoms with Crippen LogP contribution in [-0.2, 0) is 0 Å². The number of nitrogens with one attached hydrogen (secondary N) is 1. The number of carbonyl (C=O) groups excluding carboxylic acids is 1. The Morgan fingerprint density at radius 2 is 1.96 bits per heavy atom. The van der Waals surface area contributed by atoms with Gasteiger partial charge in [0.25, 0.3) is 5.91 Å². The van der Waals surface area contributed by atoms with Crippen LogP contribution in [0.1, 0.15) is 27.2 Å². The first-order valence-corrected chi connectivity index (χ1v) is 9.71. The van der Waals surface area contributed by atoms with E-state index in [0.29, 0.717) is 16.5 Å². The summed E-state index contributed by atoms with van der Waals surface area (Å²) >= 11 is 1.40. The smallest absolute Gasteiger partial charge is 0.260 e. The van der Waals surface area contributed by atoms with E-state index in [-0.39, 0.29) is 5.91 Å². The molecule has 28 heavy (non-hydrogen) atoms. The molecule has 0 saturated carbocycles. The molecular formula is C21H19N5OS. The fourth-order valence-corrected chi connectivity index (χ4v) is 3.59. The lowest BCUT2D eigenvalue weighted by atomic mass is 10.1. The topological polar surface area (TPSA) is 72.7 Å². The van der Waals surface area contributed by atoms with Crippen molar-refractivity contribution in [3.05, 3.63) is 76.6 Å². The summed E-state index contributed by atoms with van der Waals surface area (Å²) in [5, 5.41) is 9.68. The normalized spacial score (nSPS) is 10.8. The van der Waals surface area contributed by atoms with Gasteiger partial charge in [0.15, 0.2) is 10.9 Å². The first-order chi connectivity index (χ1) is 13.5. The second kappa shape index (κ2) is 7.36. The van der Waals surface area contributed by atoms with Gasteiger partial charge in [-0.25, -0.2) is 14.6 Å². The summed E-state index contributed by atoms with van der Waals surface area (Å²) in [4.78, 5) is 21.5. The number of pyridine rings is 1. The van der Waals surface area contributed by atoms with E-state index in [1.165, 1.54) is 22.5 Å². The van der Waals surface area contributed by atoms with E-state index in [9.17, 15) is 4.79 Å². The summed E-state index contributed by atoms with van der Waals surface area (Å²) in [5.41, 5.74) is 5.57. The van der Waals surface area contributed by atoms with Crippen LogP contribution >= 0.6 is 11.3 Å². The fourth-order valence-electron chi connectivity index (χ4n) is 2.87. The second-order valence-electron chi connectivity index (χ2n) is 6.53. The van der Waals surface area contributed by atoms with Crippen molar-refractivity contribution >= 4 is 22.4 Å². The zero-order chi connectivity index (χ0) is 19.7. The SMILES string of the molecule is Cc1ccc(-c2csc(NC(=O)c3cnn(-c4ccccn4)c3C)n2)cc1C. The highest BCUT2D eigenvalue weighted by atomic mass is 32.1. The van der Waals surface area contributed by atoms with Crippen LogP contribution in [0.15, 0.2) is 54.2 Å². The van der Waals surface area contributed by atoms with Crippen LogP contribution in [0.25, 0.3) is 17.1 Å². The van der Waals surface area contributed by atoms with Gasteiger partial charge in [-0.2, -0.15) is 5.10 Å². The van der Waals surface area contributed by atoms with Crippen molar-refractivity contribution in [2.24, 2.45) is 0 Å². The number of aromatic nitrogens is 4. The molecule has 0 saturated heterocycles. The molecule has 0 bridgehead atoms. The Hall–Kier alpha value is -3.32.